The van der Waals surface area contributed by atoms with Gasteiger partial charge in [-0.05, 0) is 37.5 Å². The molecule has 3 heteroatoms. The summed E-state index contributed by atoms with van der Waals surface area (Å²) >= 11 is 0. The molecule has 0 saturated heterocycles. The van der Waals surface area contributed by atoms with Crippen molar-refractivity contribution >= 4 is 5.97 Å². The van der Waals surface area contributed by atoms with Crippen LogP contribution in [0.5, 0.6) is 0 Å². The van der Waals surface area contributed by atoms with Crippen molar-refractivity contribution in [3.63, 3.8) is 0 Å². The summed E-state index contributed by atoms with van der Waals surface area (Å²) in [7, 11) is 1.51. The van der Waals surface area contributed by atoms with Crippen LogP contribution in [0.25, 0.3) is 0 Å². The number of carbonyl (C=O) groups is 1. The zero-order valence-corrected chi connectivity index (χ0v) is 11.3. The second-order valence-corrected chi connectivity index (χ2v) is 6.54. The maximum Gasteiger partial charge on any atom is 0.326 e. The number of ether oxygens (including phenoxy) is 1. The van der Waals surface area contributed by atoms with Gasteiger partial charge in [0.15, 0.2) is 0 Å². The van der Waals surface area contributed by atoms with Crippen LogP contribution in [-0.4, -0.2) is 24.7 Å². The fraction of sp³-hybridized carbons (Fsp3) is 0.929. The molecule has 0 amide bonds. The Balaban J connectivity index is 2.10. The number of hydrogen-bond acceptors (Lipinski definition) is 3. The van der Waals surface area contributed by atoms with Crippen LogP contribution in [0, 0.1) is 5.41 Å². The van der Waals surface area contributed by atoms with E-state index in [0.29, 0.717) is 6.04 Å². The number of hydrogen-bond donors (Lipinski definition) is 1. The zero-order valence-electron chi connectivity index (χ0n) is 11.3. The summed E-state index contributed by atoms with van der Waals surface area (Å²) in [5.74, 6) is -0.0602. The SMILES string of the molecule is COC(=O)C1(NC2CCCC2)CCC(C)(C)C1. The molecule has 0 aromatic carbocycles. The molecule has 1 N–H and O–H groups in total. The highest BCUT2D eigenvalue weighted by Crippen LogP contribution is 2.45. The molecule has 1 atom stereocenters. The molecule has 0 aromatic rings. The van der Waals surface area contributed by atoms with Crippen LogP contribution in [-0.2, 0) is 9.53 Å². The van der Waals surface area contributed by atoms with E-state index in [9.17, 15) is 4.79 Å². The second-order valence-electron chi connectivity index (χ2n) is 6.54. The van der Waals surface area contributed by atoms with E-state index in [4.69, 9.17) is 4.74 Å². The van der Waals surface area contributed by atoms with Crippen molar-refractivity contribution in [2.45, 2.75) is 70.4 Å². The lowest BCUT2D eigenvalue weighted by Gasteiger charge is -2.32. The van der Waals surface area contributed by atoms with E-state index in [1.165, 1.54) is 32.8 Å². The summed E-state index contributed by atoms with van der Waals surface area (Å²) in [5.41, 5.74) is -0.160. The van der Waals surface area contributed by atoms with Gasteiger partial charge in [-0.2, -0.15) is 0 Å². The molecule has 2 aliphatic rings. The van der Waals surface area contributed by atoms with E-state index in [2.05, 4.69) is 19.2 Å². The van der Waals surface area contributed by atoms with Gasteiger partial charge in [-0.25, -0.2) is 0 Å². The zero-order chi connectivity index (χ0) is 12.5. The second kappa shape index (κ2) is 4.60. The third-order valence-corrected chi connectivity index (χ3v) is 4.42. The van der Waals surface area contributed by atoms with Gasteiger partial charge in [0.2, 0.25) is 0 Å². The van der Waals surface area contributed by atoms with E-state index in [1.807, 2.05) is 0 Å². The molecule has 2 rings (SSSR count). The number of rotatable bonds is 3. The Labute approximate surface area is 104 Å². The third kappa shape index (κ3) is 2.65. The average Bonchev–Trinajstić information content (AvgIpc) is 2.86. The lowest BCUT2D eigenvalue weighted by atomic mass is 9.87. The molecule has 2 saturated carbocycles. The standard InChI is InChI=1S/C14H25NO2/c1-13(2)8-9-14(10-13,12(16)17-3)15-11-6-4-5-7-11/h11,15H,4-10H2,1-3H3. The summed E-state index contributed by atoms with van der Waals surface area (Å²) in [6.45, 7) is 4.49. The number of esters is 1. The molecular formula is C14H25NO2. The molecular weight excluding hydrogens is 214 g/mol. The normalized spacial score (nSPS) is 32.9. The van der Waals surface area contributed by atoms with Crippen molar-refractivity contribution < 1.29 is 9.53 Å². The minimum atomic E-state index is -0.409. The Hall–Kier alpha value is -0.570. The minimum Gasteiger partial charge on any atom is -0.468 e. The summed E-state index contributed by atoms with van der Waals surface area (Å²) in [4.78, 5) is 12.1. The minimum absolute atomic E-state index is 0.0602. The molecule has 2 aliphatic carbocycles. The van der Waals surface area contributed by atoms with Crippen LogP contribution < -0.4 is 5.32 Å². The van der Waals surface area contributed by atoms with Gasteiger partial charge in [0.25, 0.3) is 0 Å². The lowest BCUT2D eigenvalue weighted by molar-refractivity contribution is -0.149. The Morgan fingerprint density at radius 3 is 2.35 bits per heavy atom. The molecule has 0 bridgehead atoms. The van der Waals surface area contributed by atoms with Gasteiger partial charge < -0.3 is 4.74 Å². The highest BCUT2D eigenvalue weighted by Gasteiger charge is 2.50. The number of carbonyl (C=O) groups excluding carboxylic acids is 1. The molecule has 0 radical (unpaired) electrons. The van der Waals surface area contributed by atoms with E-state index >= 15 is 0 Å². The summed E-state index contributed by atoms with van der Waals surface area (Å²) in [5, 5.41) is 3.62. The molecule has 17 heavy (non-hydrogen) atoms. The van der Waals surface area contributed by atoms with Crippen LogP contribution in [0.1, 0.15) is 58.8 Å². The fourth-order valence-corrected chi connectivity index (χ4v) is 3.56. The van der Waals surface area contributed by atoms with Crippen LogP contribution in [0.2, 0.25) is 0 Å². The van der Waals surface area contributed by atoms with Crippen LogP contribution in [0.3, 0.4) is 0 Å². The van der Waals surface area contributed by atoms with Crippen molar-refractivity contribution in [2.75, 3.05) is 7.11 Å². The molecule has 3 nitrogen and oxygen atoms in total. The summed E-state index contributed by atoms with van der Waals surface area (Å²) < 4.78 is 5.04. The Morgan fingerprint density at radius 1 is 1.24 bits per heavy atom. The monoisotopic (exact) mass is 239 g/mol. The Bertz CT molecular complexity index is 295. The van der Waals surface area contributed by atoms with Crippen molar-refractivity contribution in [3.8, 4) is 0 Å². The van der Waals surface area contributed by atoms with Gasteiger partial charge in [-0.1, -0.05) is 26.7 Å². The maximum absolute atomic E-state index is 12.1. The molecule has 0 spiro atoms. The van der Waals surface area contributed by atoms with Gasteiger partial charge in [0.1, 0.15) is 5.54 Å². The smallest absolute Gasteiger partial charge is 0.326 e. The van der Waals surface area contributed by atoms with Gasteiger partial charge in [-0.15, -0.1) is 0 Å². The molecule has 2 fully saturated rings. The first kappa shape index (κ1) is 12.9. The predicted molar refractivity (Wildman–Crippen MR) is 67.8 cm³/mol. The highest BCUT2D eigenvalue weighted by molar-refractivity contribution is 5.81. The largest absolute Gasteiger partial charge is 0.468 e. The van der Waals surface area contributed by atoms with Crippen LogP contribution in [0.15, 0.2) is 0 Å². The van der Waals surface area contributed by atoms with Gasteiger partial charge in [-0.3, -0.25) is 10.1 Å². The van der Waals surface area contributed by atoms with Gasteiger partial charge >= 0.3 is 5.97 Å². The molecule has 98 valence electrons. The predicted octanol–water partition coefficient (Wildman–Crippen LogP) is 2.64. The number of methoxy groups -OCH3 is 1. The van der Waals surface area contributed by atoms with E-state index < -0.39 is 5.54 Å². The van der Waals surface area contributed by atoms with Crippen molar-refractivity contribution in [3.05, 3.63) is 0 Å². The Morgan fingerprint density at radius 2 is 1.88 bits per heavy atom. The van der Waals surface area contributed by atoms with Crippen molar-refractivity contribution in [1.29, 1.82) is 0 Å². The first-order valence-corrected chi connectivity index (χ1v) is 6.84. The third-order valence-electron chi connectivity index (χ3n) is 4.42. The van der Waals surface area contributed by atoms with Crippen LogP contribution in [0.4, 0.5) is 0 Å². The maximum atomic E-state index is 12.1. The highest BCUT2D eigenvalue weighted by atomic mass is 16.5. The fourth-order valence-electron chi connectivity index (χ4n) is 3.56. The Kier molecular flexibility index (Phi) is 3.48. The molecule has 0 aliphatic heterocycles. The van der Waals surface area contributed by atoms with Crippen LogP contribution >= 0.6 is 0 Å². The van der Waals surface area contributed by atoms with E-state index in [-0.39, 0.29) is 11.4 Å². The van der Waals surface area contributed by atoms with E-state index in [0.717, 1.165) is 19.3 Å². The number of nitrogens with one attached hydrogen (secondary N) is 1. The summed E-state index contributed by atoms with van der Waals surface area (Å²) in [6, 6.07) is 0.517. The topological polar surface area (TPSA) is 38.3 Å². The molecule has 0 heterocycles. The van der Waals surface area contributed by atoms with Crippen molar-refractivity contribution in [2.24, 2.45) is 5.41 Å². The average molecular weight is 239 g/mol. The van der Waals surface area contributed by atoms with Gasteiger partial charge in [0.05, 0.1) is 7.11 Å². The summed E-state index contributed by atoms with van der Waals surface area (Å²) in [6.07, 6.45) is 7.92. The van der Waals surface area contributed by atoms with Gasteiger partial charge in [0, 0.05) is 6.04 Å². The first-order chi connectivity index (χ1) is 7.97. The first-order valence-electron chi connectivity index (χ1n) is 6.84. The quantitative estimate of drug-likeness (QED) is 0.769. The molecule has 1 unspecified atom stereocenters. The lowest BCUT2D eigenvalue weighted by Crippen LogP contribution is -2.54. The van der Waals surface area contributed by atoms with E-state index in [1.54, 1.807) is 0 Å². The molecule has 0 aromatic heterocycles. The van der Waals surface area contributed by atoms with Crippen molar-refractivity contribution in [1.82, 2.24) is 5.32 Å².